The Labute approximate surface area is 278 Å². The van der Waals surface area contributed by atoms with E-state index in [1.165, 1.54) is 11.3 Å². The van der Waals surface area contributed by atoms with Gasteiger partial charge in [0.1, 0.15) is 24.3 Å². The highest BCUT2D eigenvalue weighted by Gasteiger charge is 2.23. The zero-order valence-corrected chi connectivity index (χ0v) is 29.5. The number of hydrogen-bond donors (Lipinski definition) is 1. The predicted molar refractivity (Wildman–Crippen MR) is 190 cm³/mol. The molecule has 3 aromatic heterocycles. The van der Waals surface area contributed by atoms with E-state index >= 15 is 0 Å². The molecule has 0 bridgehead atoms. The molecule has 9 nitrogen and oxygen atoms in total. The van der Waals surface area contributed by atoms with Gasteiger partial charge in [0.15, 0.2) is 0 Å². The van der Waals surface area contributed by atoms with Crippen molar-refractivity contribution in [3.05, 3.63) is 83.4 Å². The summed E-state index contributed by atoms with van der Waals surface area (Å²) >= 11 is 0. The first-order valence-electron chi connectivity index (χ1n) is 16.6. The minimum Gasteiger partial charge on any atom is -0.478 e. The number of hydrogen-bond acceptors (Lipinski definition) is 6. The molecule has 1 N–H and O–H groups in total. The first kappa shape index (κ1) is 33.1. The Morgan fingerprint density at radius 3 is 2.49 bits per heavy atom. The van der Waals surface area contributed by atoms with Crippen LogP contribution in [0.5, 0.6) is 0 Å². The molecule has 10 heteroatoms. The number of ether oxygens (including phenoxy) is 2. The van der Waals surface area contributed by atoms with Gasteiger partial charge >= 0.3 is 5.97 Å². The number of fused-ring (bicyclic) bond motifs is 2. The molecule has 47 heavy (non-hydrogen) atoms. The van der Waals surface area contributed by atoms with Crippen molar-refractivity contribution in [2.45, 2.75) is 70.7 Å². The predicted octanol–water partition coefficient (Wildman–Crippen LogP) is 7.69. The fourth-order valence-corrected chi connectivity index (χ4v) is 7.38. The molecule has 0 amide bonds. The van der Waals surface area contributed by atoms with Gasteiger partial charge in [-0.15, -0.1) is 0 Å². The number of carboxylic acids is 1. The van der Waals surface area contributed by atoms with Crippen LogP contribution in [-0.4, -0.2) is 70.0 Å². The van der Waals surface area contributed by atoms with E-state index in [2.05, 4.69) is 71.1 Å². The maximum absolute atomic E-state index is 11.2. The molecule has 1 saturated heterocycles. The zero-order chi connectivity index (χ0) is 33.3. The second-order valence-corrected chi connectivity index (χ2v) is 19.7. The second-order valence-electron chi connectivity index (χ2n) is 14.1. The lowest BCUT2D eigenvalue weighted by atomic mass is 9.89. The summed E-state index contributed by atoms with van der Waals surface area (Å²) in [5, 5.41) is 10.4. The summed E-state index contributed by atoms with van der Waals surface area (Å²) in [6.07, 6.45) is 3.86. The highest BCUT2D eigenvalue weighted by Crippen LogP contribution is 2.34. The molecular formula is C37H47N5O4Si. The Balaban J connectivity index is 1.23. The number of rotatable bonds is 12. The lowest BCUT2D eigenvalue weighted by Crippen LogP contribution is -2.33. The zero-order valence-electron chi connectivity index (χ0n) is 28.5. The van der Waals surface area contributed by atoms with Crippen LogP contribution in [0.3, 0.4) is 0 Å². The van der Waals surface area contributed by atoms with E-state index in [0.29, 0.717) is 18.2 Å². The molecule has 248 valence electrons. The number of nitrogens with zero attached hydrogens (tertiary/aromatic N) is 5. The standard InChI is InChI=1S/C37H47N5O4Si/c1-25(45-3)35-39-33-12-11-29(21-34(33)42(35)24-46-19-20-47(4,5)6)31-13-16-38-36-32(31)22-30(40(36)2)23-41-17-14-27(15-18-41)26-7-9-28(10-8-26)37(43)44/h7-13,16,21-22,25,27H,14-15,17-20,23-24H2,1-6H3,(H,43,44)/t25-/m1/s1. The van der Waals surface area contributed by atoms with Gasteiger partial charge in [0, 0.05) is 52.7 Å². The molecule has 1 fully saturated rings. The summed E-state index contributed by atoms with van der Waals surface area (Å²) in [4.78, 5) is 23.5. The van der Waals surface area contributed by atoms with Gasteiger partial charge in [0.25, 0.3) is 0 Å². The van der Waals surface area contributed by atoms with Crippen LogP contribution in [0.1, 0.15) is 59.2 Å². The lowest BCUT2D eigenvalue weighted by molar-refractivity contribution is 0.0689. The molecular weight excluding hydrogens is 607 g/mol. The molecule has 1 atom stereocenters. The van der Waals surface area contributed by atoms with Crippen LogP contribution >= 0.6 is 0 Å². The van der Waals surface area contributed by atoms with E-state index in [1.54, 1.807) is 19.2 Å². The van der Waals surface area contributed by atoms with E-state index < -0.39 is 14.0 Å². The van der Waals surface area contributed by atoms with Crippen molar-refractivity contribution in [1.82, 2.24) is 24.0 Å². The van der Waals surface area contributed by atoms with E-state index in [4.69, 9.17) is 19.4 Å². The van der Waals surface area contributed by atoms with Gasteiger partial charge in [-0.05, 0) is 97.9 Å². The smallest absolute Gasteiger partial charge is 0.335 e. The van der Waals surface area contributed by atoms with Crippen molar-refractivity contribution in [2.24, 2.45) is 7.05 Å². The lowest BCUT2D eigenvalue weighted by Gasteiger charge is -2.32. The average molecular weight is 654 g/mol. The van der Waals surface area contributed by atoms with Crippen molar-refractivity contribution in [3.8, 4) is 11.1 Å². The monoisotopic (exact) mass is 653 g/mol. The minimum atomic E-state index is -1.20. The number of aromatic nitrogens is 4. The molecule has 1 aliphatic heterocycles. The van der Waals surface area contributed by atoms with Crippen molar-refractivity contribution in [3.63, 3.8) is 0 Å². The van der Waals surface area contributed by atoms with E-state index in [-0.39, 0.29) is 6.10 Å². The van der Waals surface area contributed by atoms with Gasteiger partial charge in [-0.3, -0.25) is 4.90 Å². The molecule has 0 radical (unpaired) electrons. The number of aromatic carboxylic acids is 1. The molecule has 5 aromatic rings. The molecule has 4 heterocycles. The minimum absolute atomic E-state index is 0.154. The number of carbonyl (C=O) groups is 1. The maximum atomic E-state index is 11.2. The quantitative estimate of drug-likeness (QED) is 0.109. The molecule has 6 rings (SSSR count). The average Bonchev–Trinajstić information content (AvgIpc) is 3.59. The Morgan fingerprint density at radius 1 is 1.06 bits per heavy atom. The number of pyridine rings is 1. The summed E-state index contributed by atoms with van der Waals surface area (Å²) in [5.74, 6) is 0.446. The molecule has 2 aromatic carbocycles. The Kier molecular flexibility index (Phi) is 9.66. The van der Waals surface area contributed by atoms with Gasteiger partial charge in [0.05, 0.1) is 16.6 Å². The molecule has 0 unspecified atom stereocenters. The fourth-order valence-electron chi connectivity index (χ4n) is 6.62. The molecule has 1 aliphatic rings. The fraction of sp³-hybridized carbons (Fsp3) is 0.432. The number of carboxylic acid groups (broad SMARTS) is 1. The van der Waals surface area contributed by atoms with Crippen LogP contribution in [0.25, 0.3) is 33.2 Å². The van der Waals surface area contributed by atoms with Crippen LogP contribution in [0.4, 0.5) is 0 Å². The van der Waals surface area contributed by atoms with Crippen molar-refractivity contribution in [1.29, 1.82) is 0 Å². The van der Waals surface area contributed by atoms with Gasteiger partial charge in [-0.2, -0.15) is 0 Å². The third kappa shape index (κ3) is 7.21. The van der Waals surface area contributed by atoms with Crippen LogP contribution in [0, 0.1) is 0 Å². The number of aryl methyl sites for hydroxylation is 1. The summed E-state index contributed by atoms with van der Waals surface area (Å²) in [7, 11) is 2.63. The van der Waals surface area contributed by atoms with Crippen LogP contribution in [-0.2, 0) is 29.8 Å². The van der Waals surface area contributed by atoms with E-state index in [1.807, 2.05) is 25.3 Å². The number of likely N-dealkylation sites (tertiary alicyclic amines) is 1. The largest absolute Gasteiger partial charge is 0.478 e. The number of benzene rings is 2. The second kappa shape index (κ2) is 13.7. The Bertz CT molecular complexity index is 1870. The summed E-state index contributed by atoms with van der Waals surface area (Å²) in [6, 6.07) is 19.4. The van der Waals surface area contributed by atoms with E-state index in [0.717, 1.165) is 84.1 Å². The van der Waals surface area contributed by atoms with Crippen LogP contribution in [0.15, 0.2) is 60.8 Å². The van der Waals surface area contributed by atoms with Crippen LogP contribution in [0.2, 0.25) is 25.7 Å². The first-order chi connectivity index (χ1) is 22.5. The molecule has 0 aliphatic carbocycles. The number of imidazole rings is 1. The summed E-state index contributed by atoms with van der Waals surface area (Å²) < 4.78 is 16.3. The SMILES string of the molecule is CO[C@H](C)c1nc2ccc(-c3ccnc4c3cc(CN3CCC(c5ccc(C(=O)O)cc5)CC3)n4C)cc2n1COCC[Si](C)(C)C. The normalized spacial score (nSPS) is 15.5. The summed E-state index contributed by atoms with van der Waals surface area (Å²) in [5.41, 5.74) is 8.02. The van der Waals surface area contributed by atoms with Crippen LogP contribution < -0.4 is 0 Å². The number of methoxy groups -OCH3 is 1. The third-order valence-electron chi connectivity index (χ3n) is 9.65. The topological polar surface area (TPSA) is 94.6 Å². The summed E-state index contributed by atoms with van der Waals surface area (Å²) in [6.45, 7) is 13.2. The Morgan fingerprint density at radius 2 is 1.81 bits per heavy atom. The molecule has 0 spiro atoms. The third-order valence-corrected chi connectivity index (χ3v) is 11.4. The van der Waals surface area contributed by atoms with Gasteiger partial charge < -0.3 is 23.7 Å². The van der Waals surface area contributed by atoms with Crippen molar-refractivity contribution >= 4 is 36.1 Å². The maximum Gasteiger partial charge on any atom is 0.335 e. The van der Waals surface area contributed by atoms with Gasteiger partial charge in [-0.25, -0.2) is 14.8 Å². The van der Waals surface area contributed by atoms with E-state index in [9.17, 15) is 9.90 Å². The Hall–Kier alpha value is -3.83. The van der Waals surface area contributed by atoms with Gasteiger partial charge in [-0.1, -0.05) is 37.8 Å². The highest BCUT2D eigenvalue weighted by molar-refractivity contribution is 6.76. The first-order valence-corrected chi connectivity index (χ1v) is 20.3. The van der Waals surface area contributed by atoms with Gasteiger partial charge in [0.2, 0.25) is 0 Å². The number of piperidine rings is 1. The van der Waals surface area contributed by atoms with Crippen molar-refractivity contribution < 1.29 is 19.4 Å². The highest BCUT2D eigenvalue weighted by atomic mass is 28.3. The van der Waals surface area contributed by atoms with Crippen molar-refractivity contribution in [2.75, 3.05) is 26.8 Å². The molecule has 0 saturated carbocycles.